The highest BCUT2D eigenvalue weighted by Gasteiger charge is 2.42. The van der Waals surface area contributed by atoms with Gasteiger partial charge in [0.1, 0.15) is 11.5 Å². The molecule has 130 valence electrons. The lowest BCUT2D eigenvalue weighted by molar-refractivity contribution is -0.118. The Morgan fingerprint density at radius 1 is 1.04 bits per heavy atom. The van der Waals surface area contributed by atoms with Crippen molar-refractivity contribution in [3.63, 3.8) is 0 Å². The van der Waals surface area contributed by atoms with E-state index in [9.17, 15) is 15.0 Å². The lowest BCUT2D eigenvalue weighted by Crippen LogP contribution is -2.36. The fraction of sp³-hybridized carbons (Fsp3) is 0.550. The van der Waals surface area contributed by atoms with E-state index in [4.69, 9.17) is 4.74 Å². The fourth-order valence-electron chi connectivity index (χ4n) is 4.17. The Labute approximate surface area is 143 Å². The van der Waals surface area contributed by atoms with Gasteiger partial charge in [0, 0.05) is 26.1 Å². The maximum Gasteiger partial charge on any atom is 0.167 e. The summed E-state index contributed by atoms with van der Waals surface area (Å²) < 4.78 is 5.43. The van der Waals surface area contributed by atoms with Crippen LogP contribution in [0.5, 0.6) is 5.75 Å². The summed E-state index contributed by atoms with van der Waals surface area (Å²) >= 11 is 0. The van der Waals surface area contributed by atoms with Crippen molar-refractivity contribution in [2.45, 2.75) is 52.4 Å². The third kappa shape index (κ3) is 2.95. The molecule has 0 unspecified atom stereocenters. The predicted molar refractivity (Wildman–Crippen MR) is 93.1 cm³/mol. The van der Waals surface area contributed by atoms with Crippen LogP contribution in [0.2, 0.25) is 0 Å². The normalized spacial score (nSPS) is 20.7. The molecular formula is C20H26O4. The molecule has 1 heterocycles. The lowest BCUT2D eigenvalue weighted by atomic mass is 9.67. The van der Waals surface area contributed by atoms with Gasteiger partial charge in [-0.15, -0.1) is 0 Å². The molecular weight excluding hydrogens is 304 g/mol. The minimum absolute atomic E-state index is 0.0238. The van der Waals surface area contributed by atoms with Crippen LogP contribution in [0.25, 0.3) is 5.57 Å². The summed E-state index contributed by atoms with van der Waals surface area (Å²) in [6.07, 6.45) is 4.09. The van der Waals surface area contributed by atoms with Crippen molar-refractivity contribution in [3.8, 4) is 5.75 Å². The Morgan fingerprint density at radius 2 is 1.62 bits per heavy atom. The van der Waals surface area contributed by atoms with Crippen LogP contribution in [0.3, 0.4) is 0 Å². The zero-order valence-corrected chi connectivity index (χ0v) is 14.5. The van der Waals surface area contributed by atoms with Gasteiger partial charge in [-0.25, -0.2) is 0 Å². The second-order valence-electron chi connectivity index (χ2n) is 7.06. The third-order valence-electron chi connectivity index (χ3n) is 5.50. The summed E-state index contributed by atoms with van der Waals surface area (Å²) in [4.78, 5) is 13.0. The number of carbonyl (C=O) groups excluding carboxylic acids is 1. The van der Waals surface area contributed by atoms with E-state index in [1.165, 1.54) is 0 Å². The Hall–Kier alpha value is -1.81. The number of Topliss-reactive ketones (excluding diaryl/α,β-unsaturated/α-hetero) is 1. The number of benzene rings is 1. The molecule has 0 saturated carbocycles. The Bertz CT molecular complexity index is 656. The van der Waals surface area contributed by atoms with Crippen molar-refractivity contribution in [2.24, 2.45) is 5.41 Å². The molecule has 0 radical (unpaired) electrons. The Kier molecular flexibility index (Phi) is 4.68. The first-order chi connectivity index (χ1) is 11.5. The number of rotatable bonds is 3. The van der Waals surface area contributed by atoms with Gasteiger partial charge >= 0.3 is 0 Å². The average molecular weight is 330 g/mol. The largest absolute Gasteiger partial charge is 0.512 e. The van der Waals surface area contributed by atoms with Crippen molar-refractivity contribution in [3.05, 3.63) is 34.6 Å². The third-order valence-corrected chi connectivity index (χ3v) is 5.50. The molecule has 0 bridgehead atoms. The number of phenolic OH excluding ortho intramolecular Hbond substituents is 1. The molecule has 1 saturated heterocycles. The number of ketones is 1. The molecule has 1 aliphatic heterocycles. The monoisotopic (exact) mass is 330 g/mol. The standard InChI is InChI=1S/C20H26O4/c1-3-13-9-15(21)10-14(4-2)18(13)19-16(22)11-20(12-17(19)23)5-7-24-8-6-20/h9-10,21-22H,3-8,11-12H2,1-2H3. The number of aryl methyl sites for hydroxylation is 2. The van der Waals surface area contributed by atoms with Crippen LogP contribution in [0.1, 0.15) is 56.2 Å². The molecule has 2 N–H and O–H groups in total. The number of phenols is 1. The van der Waals surface area contributed by atoms with Gasteiger partial charge in [0.05, 0.1) is 5.57 Å². The van der Waals surface area contributed by atoms with Gasteiger partial charge in [-0.05, 0) is 59.9 Å². The van der Waals surface area contributed by atoms with Gasteiger partial charge in [-0.3, -0.25) is 4.79 Å². The van der Waals surface area contributed by atoms with Crippen molar-refractivity contribution in [1.29, 1.82) is 0 Å². The zero-order valence-electron chi connectivity index (χ0n) is 14.5. The highest BCUT2D eigenvalue weighted by molar-refractivity contribution is 6.23. The van der Waals surface area contributed by atoms with Crippen LogP contribution in [0.4, 0.5) is 0 Å². The molecule has 2 aliphatic rings. The number of carbonyl (C=O) groups is 1. The smallest absolute Gasteiger partial charge is 0.167 e. The van der Waals surface area contributed by atoms with E-state index in [0.29, 0.717) is 44.5 Å². The fourth-order valence-corrected chi connectivity index (χ4v) is 4.17. The molecule has 1 spiro atoms. The molecule has 0 aromatic heterocycles. The number of ether oxygens (including phenoxy) is 1. The van der Waals surface area contributed by atoms with Crippen LogP contribution < -0.4 is 0 Å². The van der Waals surface area contributed by atoms with E-state index in [-0.39, 0.29) is 22.7 Å². The van der Waals surface area contributed by atoms with Gasteiger partial charge in [-0.2, -0.15) is 0 Å². The highest BCUT2D eigenvalue weighted by Crippen LogP contribution is 2.47. The van der Waals surface area contributed by atoms with E-state index in [1.54, 1.807) is 12.1 Å². The summed E-state index contributed by atoms with van der Waals surface area (Å²) in [5, 5.41) is 20.7. The van der Waals surface area contributed by atoms with Gasteiger partial charge in [0.2, 0.25) is 0 Å². The molecule has 0 amide bonds. The van der Waals surface area contributed by atoms with Crippen LogP contribution in [0.15, 0.2) is 17.9 Å². The van der Waals surface area contributed by atoms with E-state index >= 15 is 0 Å². The maximum absolute atomic E-state index is 13.0. The summed E-state index contributed by atoms with van der Waals surface area (Å²) in [6.45, 7) is 5.33. The first-order valence-electron chi connectivity index (χ1n) is 8.88. The topological polar surface area (TPSA) is 66.8 Å². The van der Waals surface area contributed by atoms with Gasteiger partial charge in [0.25, 0.3) is 0 Å². The molecule has 1 aromatic carbocycles. The molecule has 0 atom stereocenters. The van der Waals surface area contributed by atoms with Crippen LogP contribution in [0, 0.1) is 5.41 Å². The first-order valence-corrected chi connectivity index (χ1v) is 8.88. The number of hydrogen-bond donors (Lipinski definition) is 2. The molecule has 24 heavy (non-hydrogen) atoms. The summed E-state index contributed by atoms with van der Waals surface area (Å²) in [5.74, 6) is 0.454. The lowest BCUT2D eigenvalue weighted by Gasteiger charge is -2.40. The number of aliphatic hydroxyl groups is 1. The SMILES string of the molecule is CCc1cc(O)cc(CC)c1C1=C(O)CC2(CCOCC2)CC1=O. The minimum atomic E-state index is -0.140. The second-order valence-corrected chi connectivity index (χ2v) is 7.06. The number of aliphatic hydroxyl groups excluding tert-OH is 1. The predicted octanol–water partition coefficient (Wildman–Crippen LogP) is 3.95. The van der Waals surface area contributed by atoms with E-state index in [2.05, 4.69) is 0 Å². The zero-order chi connectivity index (χ0) is 17.3. The quantitative estimate of drug-likeness (QED) is 0.881. The second kappa shape index (κ2) is 6.60. The molecule has 3 rings (SSSR count). The molecule has 1 aliphatic carbocycles. The van der Waals surface area contributed by atoms with Gasteiger partial charge in [0.15, 0.2) is 5.78 Å². The number of hydrogen-bond acceptors (Lipinski definition) is 4. The summed E-state index contributed by atoms with van der Waals surface area (Å²) in [5.41, 5.74) is 3.01. The molecule has 1 fully saturated rings. The van der Waals surface area contributed by atoms with Crippen molar-refractivity contribution >= 4 is 11.4 Å². The van der Waals surface area contributed by atoms with Crippen molar-refractivity contribution in [2.75, 3.05) is 13.2 Å². The number of allylic oxidation sites excluding steroid dienone is 2. The van der Waals surface area contributed by atoms with Crippen molar-refractivity contribution < 1.29 is 19.7 Å². The van der Waals surface area contributed by atoms with Crippen molar-refractivity contribution in [1.82, 2.24) is 0 Å². The van der Waals surface area contributed by atoms with E-state index < -0.39 is 0 Å². The van der Waals surface area contributed by atoms with E-state index in [1.807, 2.05) is 13.8 Å². The minimum Gasteiger partial charge on any atom is -0.512 e. The van der Waals surface area contributed by atoms with Gasteiger partial charge < -0.3 is 14.9 Å². The van der Waals surface area contributed by atoms with Crippen LogP contribution in [-0.2, 0) is 22.4 Å². The molecule has 4 heteroatoms. The Morgan fingerprint density at radius 3 is 2.12 bits per heavy atom. The number of aromatic hydroxyl groups is 1. The van der Waals surface area contributed by atoms with E-state index in [0.717, 1.165) is 29.5 Å². The summed E-state index contributed by atoms with van der Waals surface area (Å²) in [6, 6.07) is 3.42. The van der Waals surface area contributed by atoms with Crippen LogP contribution >= 0.6 is 0 Å². The molecule has 4 nitrogen and oxygen atoms in total. The average Bonchev–Trinajstić information content (AvgIpc) is 2.55. The maximum atomic E-state index is 13.0. The van der Waals surface area contributed by atoms with Crippen LogP contribution in [-0.4, -0.2) is 29.2 Å². The van der Waals surface area contributed by atoms with Gasteiger partial charge in [-0.1, -0.05) is 13.8 Å². The summed E-state index contributed by atoms with van der Waals surface area (Å²) in [7, 11) is 0. The highest BCUT2D eigenvalue weighted by atomic mass is 16.5. The Balaban J connectivity index is 2.09. The molecule has 1 aromatic rings. The first kappa shape index (κ1) is 17.0.